The Hall–Kier alpha value is -3.26. The monoisotopic (exact) mass is 423 g/mol. The summed E-state index contributed by atoms with van der Waals surface area (Å²) in [5.41, 5.74) is 1.90. The molecule has 0 saturated heterocycles. The number of benzene rings is 1. The minimum atomic E-state index is -0.545. The molecule has 164 valence electrons. The third-order valence-electron chi connectivity index (χ3n) is 5.39. The van der Waals surface area contributed by atoms with E-state index in [0.29, 0.717) is 13.1 Å². The van der Waals surface area contributed by atoms with E-state index in [1.54, 1.807) is 0 Å². The average molecular weight is 424 g/mol. The number of H-pyrrole nitrogens is 1. The highest BCUT2D eigenvalue weighted by Crippen LogP contribution is 2.18. The number of hydrogen-bond donors (Lipinski definition) is 2. The molecule has 2 aromatic heterocycles. The van der Waals surface area contributed by atoms with Crippen molar-refractivity contribution in [1.29, 1.82) is 0 Å². The van der Waals surface area contributed by atoms with Gasteiger partial charge in [-0.05, 0) is 44.1 Å². The minimum absolute atomic E-state index is 0.00130. The number of rotatable bonds is 8. The molecular weight excluding hydrogens is 394 g/mol. The van der Waals surface area contributed by atoms with E-state index >= 15 is 0 Å². The molecule has 0 aliphatic rings. The molecule has 31 heavy (non-hydrogen) atoms. The van der Waals surface area contributed by atoms with Crippen LogP contribution < -0.4 is 16.6 Å². The van der Waals surface area contributed by atoms with Crippen LogP contribution in [0, 0.1) is 0 Å². The lowest BCUT2D eigenvalue weighted by atomic mass is 10.0. The lowest BCUT2D eigenvalue weighted by Crippen LogP contribution is -2.35. The van der Waals surface area contributed by atoms with Gasteiger partial charge >= 0.3 is 5.69 Å². The molecular formula is C23H29N5O3. The Balaban J connectivity index is 1.83. The number of nitrogens with one attached hydrogen (secondary N) is 2. The highest BCUT2D eigenvalue weighted by molar-refractivity contribution is 5.96. The molecule has 0 aliphatic carbocycles. The molecule has 3 aromatic rings. The van der Waals surface area contributed by atoms with Gasteiger partial charge in [-0.3, -0.25) is 19.1 Å². The van der Waals surface area contributed by atoms with Crippen molar-refractivity contribution in [2.24, 2.45) is 0 Å². The lowest BCUT2D eigenvalue weighted by molar-refractivity contribution is 0.0941. The summed E-state index contributed by atoms with van der Waals surface area (Å²) in [4.78, 5) is 45.7. The van der Waals surface area contributed by atoms with Gasteiger partial charge in [0.25, 0.3) is 11.5 Å². The highest BCUT2D eigenvalue weighted by Gasteiger charge is 2.17. The van der Waals surface area contributed by atoms with Crippen LogP contribution in [0.3, 0.4) is 0 Å². The number of carbonyl (C=O) groups excluding carboxylic acids is 1. The van der Waals surface area contributed by atoms with Crippen LogP contribution in [0.5, 0.6) is 0 Å². The van der Waals surface area contributed by atoms with Gasteiger partial charge in [-0.15, -0.1) is 0 Å². The Morgan fingerprint density at radius 3 is 2.52 bits per heavy atom. The standard InChI is InChI=1S/C23H29N5O3/c1-5-11-28-20-18(22(30)26-23(28)31)12-17(13-24-20)21(29)25-14-19(27(3)4)16-9-7-15(6-2)8-10-16/h7-10,12-13,19H,5-6,11,14H2,1-4H3,(H,25,29)(H,26,30,31). The largest absolute Gasteiger partial charge is 0.350 e. The topological polar surface area (TPSA) is 100 Å². The lowest BCUT2D eigenvalue weighted by Gasteiger charge is -2.25. The van der Waals surface area contributed by atoms with Crippen LogP contribution >= 0.6 is 0 Å². The van der Waals surface area contributed by atoms with Crippen molar-refractivity contribution in [2.75, 3.05) is 20.6 Å². The van der Waals surface area contributed by atoms with E-state index < -0.39 is 11.2 Å². The number of likely N-dealkylation sites (N-methyl/N-ethyl adjacent to an activating group) is 1. The SMILES string of the molecule is CCCn1c(=O)[nH]c(=O)c2cc(C(=O)NCC(c3ccc(CC)cc3)N(C)C)cnc21. The summed E-state index contributed by atoms with van der Waals surface area (Å²) in [7, 11) is 3.93. The quantitative estimate of drug-likeness (QED) is 0.578. The molecule has 2 heterocycles. The number of amides is 1. The second-order valence-corrected chi connectivity index (χ2v) is 7.79. The van der Waals surface area contributed by atoms with E-state index in [-0.39, 0.29) is 28.5 Å². The number of pyridine rings is 1. The second kappa shape index (κ2) is 9.70. The predicted octanol–water partition coefficient (Wildman–Crippen LogP) is 2.09. The molecule has 1 aromatic carbocycles. The second-order valence-electron chi connectivity index (χ2n) is 7.79. The zero-order chi connectivity index (χ0) is 22.5. The number of nitrogens with zero attached hydrogens (tertiary/aromatic N) is 3. The van der Waals surface area contributed by atoms with Crippen LogP contribution in [-0.4, -0.2) is 46.0 Å². The zero-order valence-corrected chi connectivity index (χ0v) is 18.4. The summed E-state index contributed by atoms with van der Waals surface area (Å²) in [5.74, 6) is -0.320. The van der Waals surface area contributed by atoms with E-state index in [9.17, 15) is 14.4 Å². The van der Waals surface area contributed by atoms with Crippen LogP contribution in [0.25, 0.3) is 11.0 Å². The summed E-state index contributed by atoms with van der Waals surface area (Å²) in [6.45, 7) is 4.89. The van der Waals surface area contributed by atoms with E-state index in [1.807, 2.05) is 25.9 Å². The molecule has 0 aliphatic heterocycles. The van der Waals surface area contributed by atoms with Gasteiger partial charge in [0, 0.05) is 19.3 Å². The van der Waals surface area contributed by atoms with Gasteiger partial charge < -0.3 is 10.2 Å². The van der Waals surface area contributed by atoms with Crippen molar-refractivity contribution in [3.8, 4) is 0 Å². The smallest absolute Gasteiger partial charge is 0.329 e. The van der Waals surface area contributed by atoms with E-state index in [4.69, 9.17) is 0 Å². The van der Waals surface area contributed by atoms with Gasteiger partial charge in [0.1, 0.15) is 5.65 Å². The Morgan fingerprint density at radius 2 is 1.90 bits per heavy atom. The number of fused-ring (bicyclic) bond motifs is 1. The van der Waals surface area contributed by atoms with Crippen LogP contribution in [-0.2, 0) is 13.0 Å². The molecule has 0 radical (unpaired) electrons. The van der Waals surface area contributed by atoms with Crippen molar-refractivity contribution in [3.05, 3.63) is 74.1 Å². The maximum Gasteiger partial charge on any atom is 0.329 e. The summed E-state index contributed by atoms with van der Waals surface area (Å²) >= 11 is 0. The predicted molar refractivity (Wildman–Crippen MR) is 121 cm³/mol. The van der Waals surface area contributed by atoms with Crippen LogP contribution in [0.1, 0.15) is 47.8 Å². The fraction of sp³-hybridized carbons (Fsp3) is 0.391. The highest BCUT2D eigenvalue weighted by atomic mass is 16.2. The number of aromatic amines is 1. The maximum absolute atomic E-state index is 12.8. The van der Waals surface area contributed by atoms with Gasteiger partial charge in [-0.1, -0.05) is 38.1 Å². The van der Waals surface area contributed by atoms with E-state index in [1.165, 1.54) is 22.4 Å². The molecule has 1 amide bonds. The fourth-order valence-electron chi connectivity index (χ4n) is 3.59. The molecule has 2 N–H and O–H groups in total. The molecule has 8 heteroatoms. The number of hydrogen-bond acceptors (Lipinski definition) is 5. The van der Waals surface area contributed by atoms with Crippen LogP contribution in [0.15, 0.2) is 46.1 Å². The first kappa shape index (κ1) is 22.4. The Bertz CT molecular complexity index is 1180. The van der Waals surface area contributed by atoms with Gasteiger partial charge in [0.05, 0.1) is 17.0 Å². The van der Waals surface area contributed by atoms with Crippen molar-refractivity contribution in [3.63, 3.8) is 0 Å². The number of carbonyl (C=O) groups is 1. The van der Waals surface area contributed by atoms with Crippen molar-refractivity contribution < 1.29 is 4.79 Å². The molecule has 0 bridgehead atoms. The third-order valence-corrected chi connectivity index (χ3v) is 5.39. The Labute approximate surface area is 180 Å². The van der Waals surface area contributed by atoms with E-state index in [0.717, 1.165) is 18.4 Å². The molecule has 3 rings (SSSR count). The van der Waals surface area contributed by atoms with Gasteiger partial charge in [0.15, 0.2) is 0 Å². The van der Waals surface area contributed by atoms with Crippen molar-refractivity contribution in [2.45, 2.75) is 39.3 Å². The summed E-state index contributed by atoms with van der Waals surface area (Å²) in [6.07, 6.45) is 3.10. The van der Waals surface area contributed by atoms with E-state index in [2.05, 4.69) is 46.5 Å². The van der Waals surface area contributed by atoms with Crippen LogP contribution in [0.2, 0.25) is 0 Å². The molecule has 1 atom stereocenters. The van der Waals surface area contributed by atoms with Gasteiger partial charge in [-0.25, -0.2) is 9.78 Å². The minimum Gasteiger partial charge on any atom is -0.350 e. The van der Waals surface area contributed by atoms with Gasteiger partial charge in [-0.2, -0.15) is 0 Å². The average Bonchev–Trinajstić information content (AvgIpc) is 2.76. The molecule has 0 fully saturated rings. The number of aromatic nitrogens is 3. The third kappa shape index (κ3) is 4.91. The maximum atomic E-state index is 12.8. The zero-order valence-electron chi connectivity index (χ0n) is 18.4. The van der Waals surface area contributed by atoms with Crippen molar-refractivity contribution in [1.82, 2.24) is 24.8 Å². The molecule has 1 unspecified atom stereocenters. The number of aryl methyl sites for hydroxylation is 2. The van der Waals surface area contributed by atoms with Gasteiger partial charge in [0.2, 0.25) is 0 Å². The molecule has 8 nitrogen and oxygen atoms in total. The summed E-state index contributed by atoms with van der Waals surface area (Å²) in [6, 6.07) is 9.86. The Morgan fingerprint density at radius 1 is 1.19 bits per heavy atom. The summed E-state index contributed by atoms with van der Waals surface area (Å²) < 4.78 is 1.42. The normalized spacial score (nSPS) is 12.3. The first-order valence-corrected chi connectivity index (χ1v) is 10.5. The van der Waals surface area contributed by atoms with Crippen LogP contribution in [0.4, 0.5) is 0 Å². The van der Waals surface area contributed by atoms with Crippen molar-refractivity contribution >= 4 is 16.9 Å². The molecule has 0 saturated carbocycles. The first-order chi connectivity index (χ1) is 14.8. The molecule has 0 spiro atoms. The Kier molecular flexibility index (Phi) is 7.02. The first-order valence-electron chi connectivity index (χ1n) is 10.5. The summed E-state index contributed by atoms with van der Waals surface area (Å²) in [5, 5.41) is 3.16. The fourth-order valence-corrected chi connectivity index (χ4v) is 3.59.